The Kier molecular flexibility index (Phi) is 2.67. The molecule has 0 aromatic carbocycles. The molecule has 0 amide bonds. The van der Waals surface area contributed by atoms with Gasteiger partial charge in [0.2, 0.25) is 0 Å². The van der Waals surface area contributed by atoms with Gasteiger partial charge in [-0.15, -0.1) is 0 Å². The van der Waals surface area contributed by atoms with Crippen LogP contribution in [0.5, 0.6) is 0 Å². The summed E-state index contributed by atoms with van der Waals surface area (Å²) in [5, 5.41) is 2.48. The van der Waals surface area contributed by atoms with Gasteiger partial charge in [0.1, 0.15) is 0 Å². The Morgan fingerprint density at radius 3 is 2.43 bits per heavy atom. The predicted octanol–water partition coefficient (Wildman–Crippen LogP) is -0.617. The summed E-state index contributed by atoms with van der Waals surface area (Å²) in [4.78, 5) is 0. The topological polar surface area (TPSA) is 49.3 Å². The second-order valence-electron chi connectivity index (χ2n) is 1.08. The first kappa shape index (κ1) is 7.29. The van der Waals surface area contributed by atoms with E-state index in [2.05, 4.69) is 16.5 Å². The quantitative estimate of drug-likeness (QED) is 0.538. The second kappa shape index (κ2) is 2.56. The molecule has 0 saturated carbocycles. The second-order valence-corrected chi connectivity index (χ2v) is 4.09. The molecule has 1 atom stereocenters. The van der Waals surface area contributed by atoms with Crippen molar-refractivity contribution >= 4 is 20.0 Å². The van der Waals surface area contributed by atoms with E-state index in [-0.39, 0.29) is 5.88 Å². The largest absolute Gasteiger partial charge is 0.307 e. The fourth-order valence-corrected chi connectivity index (χ4v) is 0.901. The third-order valence-corrected chi connectivity index (χ3v) is 1.33. The molecule has 3 nitrogen and oxygen atoms in total. The van der Waals surface area contributed by atoms with Gasteiger partial charge in [-0.05, 0) is 7.05 Å². The lowest BCUT2D eigenvalue weighted by Gasteiger charge is -1.92. The third kappa shape index (κ3) is 6.29. The fraction of sp³-hybridized carbons (Fsp3) is 1.00. The van der Waals surface area contributed by atoms with Crippen molar-refractivity contribution in [2.45, 2.75) is 0 Å². The van der Waals surface area contributed by atoms with Crippen molar-refractivity contribution < 1.29 is 8.76 Å². The Morgan fingerprint density at radius 1 is 2.00 bits per heavy atom. The first-order chi connectivity index (χ1) is 3.06. The summed E-state index contributed by atoms with van der Waals surface area (Å²) >= 11 is 4.10. The van der Waals surface area contributed by atoms with E-state index < -0.39 is 8.77 Å². The molecule has 0 rings (SSSR count). The van der Waals surface area contributed by atoms with Gasteiger partial charge in [-0.25, -0.2) is 4.21 Å². The van der Waals surface area contributed by atoms with E-state index in [0.717, 1.165) is 0 Å². The van der Waals surface area contributed by atoms with E-state index in [1.807, 2.05) is 0 Å². The number of hydrogen-bond acceptors (Lipinski definition) is 3. The Hall–Kier alpha value is 0.290. The average Bonchev–Trinajstić information content (AvgIpc) is 1.30. The van der Waals surface area contributed by atoms with Crippen LogP contribution in [0.4, 0.5) is 0 Å². The molecule has 44 valence electrons. The maximum Gasteiger partial charge on any atom is 0.154 e. The Bertz CT molecular complexity index is 127. The molecular weight excluding hydrogens is 134 g/mol. The fourth-order valence-electron chi connectivity index (χ4n) is 0.182. The first-order valence-corrected chi connectivity index (χ1v) is 4.27. The van der Waals surface area contributed by atoms with Gasteiger partial charge < -0.3 is 9.87 Å². The van der Waals surface area contributed by atoms with Crippen LogP contribution in [0.25, 0.3) is 0 Å². The van der Waals surface area contributed by atoms with Gasteiger partial charge in [-0.2, -0.15) is 0 Å². The summed E-state index contributed by atoms with van der Waals surface area (Å²) in [6.45, 7) is 0. The highest BCUT2D eigenvalue weighted by Crippen LogP contribution is 1.73. The van der Waals surface area contributed by atoms with Crippen LogP contribution in [-0.4, -0.2) is 21.7 Å². The summed E-state index contributed by atoms with van der Waals surface area (Å²) in [7, 11) is -1.38. The highest BCUT2D eigenvalue weighted by molar-refractivity contribution is 8.29. The molecule has 0 aliphatic rings. The Balaban J connectivity index is 3.60. The molecule has 7 heavy (non-hydrogen) atoms. The average molecular weight is 141 g/mol. The lowest BCUT2D eigenvalue weighted by Crippen LogP contribution is -2.16. The van der Waals surface area contributed by atoms with Crippen LogP contribution in [0.2, 0.25) is 0 Å². The summed E-state index contributed by atoms with van der Waals surface area (Å²) in [6, 6.07) is 0. The van der Waals surface area contributed by atoms with Crippen molar-refractivity contribution in [2.24, 2.45) is 0 Å². The molecule has 0 saturated heterocycles. The summed E-state index contributed by atoms with van der Waals surface area (Å²) in [5.74, 6) is -0.0116. The molecule has 0 aliphatic heterocycles. The highest BCUT2D eigenvalue weighted by Gasteiger charge is 1.92. The number of rotatable bonds is 2. The van der Waals surface area contributed by atoms with Crippen LogP contribution < -0.4 is 5.32 Å². The van der Waals surface area contributed by atoms with Crippen molar-refractivity contribution in [1.82, 2.24) is 5.32 Å². The van der Waals surface area contributed by atoms with Gasteiger partial charge in [-0.1, -0.05) is 0 Å². The van der Waals surface area contributed by atoms with Crippen LogP contribution >= 0.6 is 0 Å². The lowest BCUT2D eigenvalue weighted by atomic mass is 11.3. The lowest BCUT2D eigenvalue weighted by molar-refractivity contribution is 0.557. The van der Waals surface area contributed by atoms with Gasteiger partial charge in [0.05, 0.1) is 5.88 Å². The van der Waals surface area contributed by atoms with E-state index >= 15 is 0 Å². The minimum Gasteiger partial charge on any atom is -0.307 e. The molecule has 0 aliphatic carbocycles. The molecule has 0 aromatic rings. The minimum atomic E-state index is -2.95. The van der Waals surface area contributed by atoms with E-state index in [0.29, 0.717) is 0 Å². The summed E-state index contributed by atoms with van der Waals surface area (Å²) < 4.78 is 18.4. The van der Waals surface area contributed by atoms with E-state index in [9.17, 15) is 4.21 Å². The molecule has 1 unspecified atom stereocenters. The molecule has 0 spiro atoms. The molecular formula is C2H7NO2S2. The smallest absolute Gasteiger partial charge is 0.154 e. The third-order valence-electron chi connectivity index (χ3n) is 0.327. The molecule has 0 heterocycles. The van der Waals surface area contributed by atoms with Crippen molar-refractivity contribution in [3.63, 3.8) is 0 Å². The SMILES string of the molecule is CNCS(=O)(O)=S. The zero-order valence-corrected chi connectivity index (χ0v) is 5.51. The van der Waals surface area contributed by atoms with E-state index in [1.54, 1.807) is 7.05 Å². The Labute approximate surface area is 47.6 Å². The normalized spacial score (nSPS) is 18.6. The molecule has 0 radical (unpaired) electrons. The molecule has 5 heteroatoms. The van der Waals surface area contributed by atoms with Gasteiger partial charge in [0.15, 0.2) is 8.77 Å². The number of hydrogen-bond donors (Lipinski definition) is 2. The highest BCUT2D eigenvalue weighted by atomic mass is 32.8. The molecule has 0 aromatic heterocycles. The first-order valence-electron chi connectivity index (χ1n) is 1.66. The van der Waals surface area contributed by atoms with Gasteiger partial charge in [0, 0.05) is 11.2 Å². The van der Waals surface area contributed by atoms with Crippen LogP contribution in [0.3, 0.4) is 0 Å². The zero-order valence-electron chi connectivity index (χ0n) is 3.88. The van der Waals surface area contributed by atoms with Crippen LogP contribution in [-0.2, 0) is 20.0 Å². The minimum absolute atomic E-state index is 0.0116. The van der Waals surface area contributed by atoms with Crippen molar-refractivity contribution in [2.75, 3.05) is 12.9 Å². The standard InChI is InChI=1S/C2H7NO2S2/c1-3-2-7(4,5)6/h3H,2H2,1H3,(H,4,5,6). The van der Waals surface area contributed by atoms with Gasteiger partial charge in [0.25, 0.3) is 0 Å². The zero-order chi connectivity index (χ0) is 5.91. The molecule has 0 bridgehead atoms. The van der Waals surface area contributed by atoms with Gasteiger partial charge in [-0.3, -0.25) is 0 Å². The molecule has 0 fully saturated rings. The van der Waals surface area contributed by atoms with E-state index in [1.165, 1.54) is 0 Å². The monoisotopic (exact) mass is 141 g/mol. The van der Waals surface area contributed by atoms with Crippen molar-refractivity contribution in [3.8, 4) is 0 Å². The van der Waals surface area contributed by atoms with Crippen LogP contribution in [0.15, 0.2) is 0 Å². The van der Waals surface area contributed by atoms with Crippen LogP contribution in [0, 0.1) is 0 Å². The van der Waals surface area contributed by atoms with Crippen molar-refractivity contribution in [3.05, 3.63) is 0 Å². The summed E-state index contributed by atoms with van der Waals surface area (Å²) in [5.41, 5.74) is 0. The maximum atomic E-state index is 10.1. The Morgan fingerprint density at radius 2 is 2.43 bits per heavy atom. The van der Waals surface area contributed by atoms with Crippen LogP contribution in [0.1, 0.15) is 0 Å². The summed E-state index contributed by atoms with van der Waals surface area (Å²) in [6.07, 6.45) is 0. The molecule has 2 N–H and O–H groups in total. The maximum absolute atomic E-state index is 10.1. The van der Waals surface area contributed by atoms with Crippen molar-refractivity contribution in [1.29, 1.82) is 0 Å². The number of nitrogens with one attached hydrogen (secondary N) is 1. The van der Waals surface area contributed by atoms with E-state index in [4.69, 9.17) is 4.55 Å². The van der Waals surface area contributed by atoms with Gasteiger partial charge >= 0.3 is 0 Å². The predicted molar refractivity (Wildman–Crippen MR) is 32.1 cm³/mol.